The molecule has 0 fully saturated rings. The Bertz CT molecular complexity index is 81.5. The first-order valence-electron chi connectivity index (χ1n) is 2.20. The zero-order valence-corrected chi connectivity index (χ0v) is 9.27. The number of rotatable bonds is 4. The minimum atomic E-state index is -2.37. The molecule has 0 aromatic heterocycles. The molecule has 50 valence electrons. The predicted octanol–water partition coefficient (Wildman–Crippen LogP) is -3.85. The maximum Gasteiger partial charge on any atom is 1.00 e. The van der Waals surface area contributed by atoms with E-state index in [1.165, 1.54) is 0 Å². The fourth-order valence-electron chi connectivity index (χ4n) is 0.210. The molecule has 0 bridgehead atoms. The van der Waals surface area contributed by atoms with Gasteiger partial charge in [-0.15, -0.1) is 0 Å². The molecular formula is C3H8KNO3S. The Morgan fingerprint density at radius 2 is 2.22 bits per heavy atom. The van der Waals surface area contributed by atoms with Crippen molar-refractivity contribution >= 4 is 11.4 Å². The quantitative estimate of drug-likeness (QED) is 0.271. The molecule has 1 unspecified atom stereocenters. The molecule has 0 saturated heterocycles. The van der Waals surface area contributed by atoms with Gasteiger partial charge < -0.3 is 14.5 Å². The molecule has 6 heteroatoms. The number of hydrogen-bond donors (Lipinski definition) is 1. The molecule has 0 spiro atoms. The first kappa shape index (κ1) is 13.3. The van der Waals surface area contributed by atoms with Gasteiger partial charge in [-0.2, -0.15) is 0 Å². The largest absolute Gasteiger partial charge is 1.00 e. The van der Waals surface area contributed by atoms with E-state index in [0.717, 1.165) is 0 Å². The first-order chi connectivity index (χ1) is 3.77. The molecule has 4 nitrogen and oxygen atoms in total. The van der Waals surface area contributed by atoms with Gasteiger partial charge in [0.1, 0.15) is 0 Å². The van der Waals surface area contributed by atoms with Crippen LogP contribution in [0.15, 0.2) is 0 Å². The first-order valence-corrected chi connectivity index (χ1v) is 3.20. The Balaban J connectivity index is 0. The van der Waals surface area contributed by atoms with Crippen molar-refractivity contribution in [1.29, 1.82) is 0 Å². The van der Waals surface area contributed by atoms with Crippen molar-refractivity contribution in [3.05, 3.63) is 0 Å². The van der Waals surface area contributed by atoms with E-state index in [2.05, 4.69) is 4.18 Å². The van der Waals surface area contributed by atoms with Crippen molar-refractivity contribution in [2.24, 2.45) is 5.73 Å². The second-order valence-electron chi connectivity index (χ2n) is 1.17. The summed E-state index contributed by atoms with van der Waals surface area (Å²) >= 11 is -2.37. The minimum Gasteiger partial charge on any atom is -0.750 e. The van der Waals surface area contributed by atoms with E-state index < -0.39 is 11.4 Å². The maximum absolute atomic E-state index is 9.61. The van der Waals surface area contributed by atoms with Crippen LogP contribution in [-0.4, -0.2) is 21.9 Å². The van der Waals surface area contributed by atoms with Crippen LogP contribution in [0.3, 0.4) is 0 Å². The van der Waals surface area contributed by atoms with Gasteiger partial charge in [-0.05, 0) is 13.0 Å². The van der Waals surface area contributed by atoms with E-state index in [1.54, 1.807) is 0 Å². The third kappa shape index (κ3) is 12.8. The Morgan fingerprint density at radius 1 is 1.67 bits per heavy atom. The summed E-state index contributed by atoms with van der Waals surface area (Å²) in [6, 6.07) is 0. The van der Waals surface area contributed by atoms with Crippen LogP contribution in [0.1, 0.15) is 6.42 Å². The van der Waals surface area contributed by atoms with E-state index in [1.807, 2.05) is 0 Å². The summed E-state index contributed by atoms with van der Waals surface area (Å²) in [6.45, 7) is 0.643. The van der Waals surface area contributed by atoms with E-state index in [0.29, 0.717) is 13.0 Å². The SMILES string of the molecule is NCCCOS(=O)[O-].[K+]. The van der Waals surface area contributed by atoms with Gasteiger partial charge in [0.15, 0.2) is 0 Å². The molecule has 1 atom stereocenters. The van der Waals surface area contributed by atoms with Gasteiger partial charge in [0.2, 0.25) is 0 Å². The molecule has 0 aliphatic rings. The Hall–Kier alpha value is 1.67. The maximum atomic E-state index is 9.61. The van der Waals surface area contributed by atoms with Gasteiger partial charge >= 0.3 is 51.4 Å². The molecule has 0 heterocycles. The average molecular weight is 177 g/mol. The van der Waals surface area contributed by atoms with E-state index in [9.17, 15) is 8.76 Å². The number of hydrogen-bond acceptors (Lipinski definition) is 4. The molecule has 2 N–H and O–H groups in total. The molecule has 0 aromatic carbocycles. The van der Waals surface area contributed by atoms with Crippen LogP contribution in [0.4, 0.5) is 0 Å². The molecule has 9 heavy (non-hydrogen) atoms. The molecular weight excluding hydrogens is 169 g/mol. The molecule has 0 saturated carbocycles. The summed E-state index contributed by atoms with van der Waals surface area (Å²) in [5.41, 5.74) is 5.03. The van der Waals surface area contributed by atoms with Crippen LogP contribution in [-0.2, 0) is 15.5 Å². The zero-order chi connectivity index (χ0) is 6.41. The Kier molecular flexibility index (Phi) is 14.3. The fraction of sp³-hybridized carbons (Fsp3) is 1.00. The van der Waals surface area contributed by atoms with Crippen molar-refractivity contribution in [3.63, 3.8) is 0 Å². The standard InChI is InChI=1S/C3H9NO3S.K/c4-2-1-3-7-8(5)6;/h1-4H2,(H,5,6);/q;+1/p-1. The Labute approximate surface area is 99.4 Å². The van der Waals surface area contributed by atoms with Gasteiger partial charge in [-0.3, -0.25) is 0 Å². The van der Waals surface area contributed by atoms with Crippen LogP contribution >= 0.6 is 0 Å². The summed E-state index contributed by atoms with van der Waals surface area (Å²) < 4.78 is 23.3. The fourth-order valence-corrected chi connectivity index (χ4v) is 0.464. The zero-order valence-electron chi connectivity index (χ0n) is 5.33. The van der Waals surface area contributed by atoms with Crippen molar-refractivity contribution in [3.8, 4) is 0 Å². The third-order valence-corrected chi connectivity index (χ3v) is 0.887. The molecule has 0 rings (SSSR count). The molecule has 0 aliphatic heterocycles. The second kappa shape index (κ2) is 9.67. The van der Waals surface area contributed by atoms with Crippen LogP contribution in [0.5, 0.6) is 0 Å². The third-order valence-electron chi connectivity index (χ3n) is 0.528. The van der Waals surface area contributed by atoms with Crippen LogP contribution < -0.4 is 57.1 Å². The molecule has 0 radical (unpaired) electrons. The van der Waals surface area contributed by atoms with E-state index in [-0.39, 0.29) is 58.0 Å². The van der Waals surface area contributed by atoms with Crippen LogP contribution in [0, 0.1) is 0 Å². The molecule has 0 aromatic rings. The van der Waals surface area contributed by atoms with Crippen LogP contribution in [0.2, 0.25) is 0 Å². The monoisotopic (exact) mass is 177 g/mol. The summed E-state index contributed by atoms with van der Waals surface area (Å²) in [6.07, 6.45) is 0.577. The van der Waals surface area contributed by atoms with Crippen molar-refractivity contribution < 1.29 is 64.3 Å². The van der Waals surface area contributed by atoms with E-state index in [4.69, 9.17) is 5.73 Å². The minimum absolute atomic E-state index is 0. The van der Waals surface area contributed by atoms with Gasteiger partial charge in [0.05, 0.1) is 18.0 Å². The van der Waals surface area contributed by atoms with Crippen molar-refractivity contribution in [1.82, 2.24) is 0 Å². The summed E-state index contributed by atoms with van der Waals surface area (Å²) in [5.74, 6) is 0. The van der Waals surface area contributed by atoms with Gasteiger partial charge in [0.25, 0.3) is 0 Å². The Morgan fingerprint density at radius 3 is 2.56 bits per heavy atom. The van der Waals surface area contributed by atoms with Crippen molar-refractivity contribution in [2.45, 2.75) is 6.42 Å². The van der Waals surface area contributed by atoms with Gasteiger partial charge in [-0.25, -0.2) is 4.21 Å². The number of nitrogens with two attached hydrogens (primary N) is 1. The topological polar surface area (TPSA) is 75.4 Å². The average Bonchev–Trinajstić information content (AvgIpc) is 1.66. The smallest absolute Gasteiger partial charge is 0.750 e. The summed E-state index contributed by atoms with van der Waals surface area (Å²) in [7, 11) is 0. The summed E-state index contributed by atoms with van der Waals surface area (Å²) in [5, 5.41) is 0. The van der Waals surface area contributed by atoms with Crippen LogP contribution in [0.25, 0.3) is 0 Å². The van der Waals surface area contributed by atoms with E-state index >= 15 is 0 Å². The predicted molar refractivity (Wildman–Crippen MR) is 28.5 cm³/mol. The van der Waals surface area contributed by atoms with Gasteiger partial charge in [-0.1, -0.05) is 0 Å². The van der Waals surface area contributed by atoms with Crippen molar-refractivity contribution in [2.75, 3.05) is 13.2 Å². The molecule has 0 aliphatic carbocycles. The second-order valence-corrected chi connectivity index (χ2v) is 1.81. The normalized spacial score (nSPS) is 12.2. The molecule has 0 amide bonds. The summed E-state index contributed by atoms with van der Waals surface area (Å²) in [4.78, 5) is 0. The van der Waals surface area contributed by atoms with Gasteiger partial charge in [0, 0.05) is 0 Å².